The molecule has 0 saturated carbocycles. The second-order valence-electron chi connectivity index (χ2n) is 13.9. The van der Waals surface area contributed by atoms with Gasteiger partial charge >= 0.3 is 12.0 Å². The highest BCUT2D eigenvalue weighted by atomic mass is 16.4. The third-order valence-corrected chi connectivity index (χ3v) is 9.10. The molecular weight excluding hydrogens is 616 g/mol. The summed E-state index contributed by atoms with van der Waals surface area (Å²) in [6.45, 7) is 11.7. The van der Waals surface area contributed by atoms with Crippen LogP contribution in [0.2, 0.25) is 0 Å². The van der Waals surface area contributed by atoms with Crippen LogP contribution in [0.3, 0.4) is 0 Å². The van der Waals surface area contributed by atoms with Gasteiger partial charge in [0.1, 0.15) is 12.1 Å². The first-order valence-corrected chi connectivity index (χ1v) is 17.3. The first-order valence-electron chi connectivity index (χ1n) is 17.3. The fourth-order valence-electron chi connectivity index (χ4n) is 5.82. The summed E-state index contributed by atoms with van der Waals surface area (Å²) in [5, 5.41) is 31.9. The number of nitrogens with zero attached hydrogens (tertiary/aromatic N) is 1. The van der Waals surface area contributed by atoms with Gasteiger partial charge < -0.3 is 42.1 Å². The van der Waals surface area contributed by atoms with Crippen LogP contribution in [0, 0.1) is 23.7 Å². The van der Waals surface area contributed by atoms with Crippen molar-refractivity contribution in [3.8, 4) is 0 Å². The monoisotopic (exact) mass is 674 g/mol. The van der Waals surface area contributed by atoms with Crippen molar-refractivity contribution >= 4 is 29.7 Å². The summed E-state index contributed by atoms with van der Waals surface area (Å²) in [7, 11) is 0. The maximum Gasteiger partial charge on any atom is 0.326 e. The minimum absolute atomic E-state index is 0.00690. The number of carboxylic acids is 1. The second kappa shape index (κ2) is 20.0. The predicted molar refractivity (Wildman–Crippen MR) is 184 cm³/mol. The summed E-state index contributed by atoms with van der Waals surface area (Å²) in [4.78, 5) is 66.2. The number of hydrogen-bond acceptors (Lipinski definition) is 7. The molecule has 0 spiro atoms. The lowest BCUT2D eigenvalue weighted by atomic mass is 9.85. The molecule has 1 aromatic rings. The third-order valence-electron chi connectivity index (χ3n) is 9.10. The summed E-state index contributed by atoms with van der Waals surface area (Å²) in [6.07, 6.45) is 1.45. The van der Waals surface area contributed by atoms with Crippen LogP contribution in [0.1, 0.15) is 79.2 Å². The number of rotatable bonds is 18. The van der Waals surface area contributed by atoms with E-state index in [2.05, 4.69) is 21.3 Å². The van der Waals surface area contributed by atoms with E-state index in [4.69, 9.17) is 5.73 Å². The lowest BCUT2D eigenvalue weighted by Crippen LogP contribution is -2.55. The predicted octanol–water partition coefficient (Wildman–Crippen LogP) is 2.02. The maximum absolute atomic E-state index is 13.3. The van der Waals surface area contributed by atoms with Crippen molar-refractivity contribution in [2.24, 2.45) is 29.4 Å². The van der Waals surface area contributed by atoms with Crippen LogP contribution >= 0.6 is 0 Å². The summed E-state index contributed by atoms with van der Waals surface area (Å²) in [5.74, 6) is -3.74. The topological polar surface area (TPSA) is 203 Å². The number of aliphatic carboxylic acids is 1. The van der Waals surface area contributed by atoms with Crippen LogP contribution in [0.4, 0.5) is 4.79 Å². The zero-order valence-corrected chi connectivity index (χ0v) is 29.4. The number of nitrogens with two attached hydrogens (primary N) is 1. The van der Waals surface area contributed by atoms with E-state index in [1.807, 2.05) is 65.0 Å². The Hall–Kier alpha value is -3.71. The maximum atomic E-state index is 13.3. The molecule has 1 aromatic carbocycles. The van der Waals surface area contributed by atoms with E-state index in [0.717, 1.165) is 5.56 Å². The van der Waals surface area contributed by atoms with E-state index in [0.29, 0.717) is 38.8 Å². The summed E-state index contributed by atoms with van der Waals surface area (Å²) in [6, 6.07) is 6.22. The smallest absolute Gasteiger partial charge is 0.326 e. The standard InChI is InChI=1S/C35H58N6O7/c1-7-23(6)31(34(46)47)40-32(44)26(22(4)5)19-29(42)27(17-21(2)3)38-30(43)20-37-33(45)28(18-24-11-9-8-10-12-24)39-35(48)41-15-13-25(36)14-16-41/h8-12,21-23,25-29,31,42H,7,13-20,36H2,1-6H3,(H,37,45)(H,38,43)(H,39,48)(H,40,44)(H,46,47)/t23-,26?,27?,28-,29?,31-/m0/s1. The van der Waals surface area contributed by atoms with Gasteiger partial charge in [-0.25, -0.2) is 9.59 Å². The Kier molecular flexibility index (Phi) is 16.8. The van der Waals surface area contributed by atoms with Gasteiger partial charge in [-0.05, 0) is 49.0 Å². The summed E-state index contributed by atoms with van der Waals surface area (Å²) in [5.41, 5.74) is 6.81. The molecule has 5 amide bonds. The molecule has 1 fully saturated rings. The molecule has 13 heteroatoms. The number of aliphatic hydroxyl groups excluding tert-OH is 1. The Morgan fingerprint density at radius 3 is 2.08 bits per heavy atom. The van der Waals surface area contributed by atoms with E-state index in [1.165, 1.54) is 0 Å². The van der Waals surface area contributed by atoms with Gasteiger partial charge in [-0.2, -0.15) is 0 Å². The van der Waals surface area contributed by atoms with Gasteiger partial charge in [0.25, 0.3) is 0 Å². The average molecular weight is 675 g/mol. The zero-order valence-electron chi connectivity index (χ0n) is 29.4. The van der Waals surface area contributed by atoms with Crippen molar-refractivity contribution in [1.82, 2.24) is 26.2 Å². The quantitative estimate of drug-likeness (QED) is 0.122. The molecule has 48 heavy (non-hydrogen) atoms. The summed E-state index contributed by atoms with van der Waals surface area (Å²) >= 11 is 0. The number of piperidine rings is 1. The molecule has 0 radical (unpaired) electrons. The number of carbonyl (C=O) groups is 5. The number of carboxylic acid groups (broad SMARTS) is 1. The second-order valence-corrected chi connectivity index (χ2v) is 13.9. The molecular formula is C35H58N6O7. The Bertz CT molecular complexity index is 1190. The van der Waals surface area contributed by atoms with Crippen LogP contribution in [0.25, 0.3) is 0 Å². The lowest BCUT2D eigenvalue weighted by molar-refractivity contribution is -0.144. The molecule has 1 aliphatic heterocycles. The fourth-order valence-corrected chi connectivity index (χ4v) is 5.82. The molecule has 8 N–H and O–H groups in total. The Balaban J connectivity index is 2.08. The SMILES string of the molecule is CC[C@H](C)[C@H](NC(=O)C(CC(O)C(CC(C)C)NC(=O)CNC(=O)[C@H](Cc1ccccc1)NC(=O)N1CCC(N)CC1)C(C)C)C(=O)O. The van der Waals surface area contributed by atoms with E-state index >= 15 is 0 Å². The summed E-state index contributed by atoms with van der Waals surface area (Å²) < 4.78 is 0. The molecule has 6 atom stereocenters. The molecule has 1 heterocycles. The molecule has 270 valence electrons. The number of aliphatic hydroxyl groups is 1. The molecule has 0 aliphatic carbocycles. The number of nitrogens with one attached hydrogen (secondary N) is 4. The van der Waals surface area contributed by atoms with Crippen molar-refractivity contribution < 1.29 is 34.2 Å². The fraction of sp³-hybridized carbons (Fsp3) is 0.686. The number of likely N-dealkylation sites (tertiary alicyclic amines) is 1. The number of hydrogen-bond donors (Lipinski definition) is 7. The molecule has 0 aromatic heterocycles. The van der Waals surface area contributed by atoms with Crippen LogP contribution in [-0.4, -0.2) is 94.7 Å². The third kappa shape index (κ3) is 13.4. The van der Waals surface area contributed by atoms with Gasteiger partial charge in [0.2, 0.25) is 17.7 Å². The first kappa shape index (κ1) is 40.5. The number of benzene rings is 1. The minimum atomic E-state index is -1.12. The Morgan fingerprint density at radius 1 is 0.917 bits per heavy atom. The van der Waals surface area contributed by atoms with Crippen LogP contribution in [-0.2, 0) is 25.6 Å². The van der Waals surface area contributed by atoms with Crippen LogP contribution in [0.15, 0.2) is 30.3 Å². The van der Waals surface area contributed by atoms with E-state index in [9.17, 15) is 34.2 Å². The van der Waals surface area contributed by atoms with Crippen molar-refractivity contribution in [3.05, 3.63) is 35.9 Å². The zero-order chi connectivity index (χ0) is 36.0. The van der Waals surface area contributed by atoms with E-state index in [1.54, 1.807) is 11.8 Å². The molecule has 13 nitrogen and oxygen atoms in total. The van der Waals surface area contributed by atoms with E-state index < -0.39 is 53.8 Å². The Labute approximate surface area is 285 Å². The van der Waals surface area contributed by atoms with Crippen molar-refractivity contribution in [3.63, 3.8) is 0 Å². The lowest BCUT2D eigenvalue weighted by Gasteiger charge is -2.32. The average Bonchev–Trinajstić information content (AvgIpc) is 3.03. The van der Waals surface area contributed by atoms with Crippen LogP contribution in [0.5, 0.6) is 0 Å². The Morgan fingerprint density at radius 2 is 1.54 bits per heavy atom. The van der Waals surface area contributed by atoms with Gasteiger partial charge in [0, 0.05) is 31.5 Å². The van der Waals surface area contributed by atoms with Gasteiger partial charge in [0.15, 0.2) is 0 Å². The van der Waals surface area contributed by atoms with Crippen molar-refractivity contribution in [1.29, 1.82) is 0 Å². The van der Waals surface area contributed by atoms with Gasteiger partial charge in [-0.15, -0.1) is 0 Å². The van der Waals surface area contributed by atoms with Crippen LogP contribution < -0.4 is 27.0 Å². The van der Waals surface area contributed by atoms with Gasteiger partial charge in [0.05, 0.1) is 18.7 Å². The molecule has 1 aliphatic rings. The van der Waals surface area contributed by atoms with Gasteiger partial charge in [-0.1, -0.05) is 78.3 Å². The minimum Gasteiger partial charge on any atom is -0.480 e. The van der Waals surface area contributed by atoms with Crippen molar-refractivity contribution in [2.75, 3.05) is 19.6 Å². The van der Waals surface area contributed by atoms with Crippen molar-refractivity contribution in [2.45, 2.75) is 110 Å². The highest BCUT2D eigenvalue weighted by molar-refractivity contribution is 5.90. The molecule has 2 rings (SSSR count). The van der Waals surface area contributed by atoms with E-state index in [-0.39, 0.29) is 49.2 Å². The van der Waals surface area contributed by atoms with Gasteiger partial charge in [-0.3, -0.25) is 14.4 Å². The highest BCUT2D eigenvalue weighted by Gasteiger charge is 2.34. The first-order chi connectivity index (χ1) is 22.6. The number of carbonyl (C=O) groups excluding carboxylic acids is 4. The molecule has 1 saturated heterocycles. The normalized spacial score (nSPS) is 17.5. The molecule has 3 unspecified atom stereocenters. The number of urea groups is 1. The number of amides is 5. The highest BCUT2D eigenvalue weighted by Crippen LogP contribution is 2.22. The largest absolute Gasteiger partial charge is 0.480 e. The molecule has 0 bridgehead atoms.